The Bertz CT molecular complexity index is 1030. The van der Waals surface area contributed by atoms with Gasteiger partial charge in [0.05, 0.1) is 35.0 Å². The summed E-state index contributed by atoms with van der Waals surface area (Å²) in [5.41, 5.74) is 1.06. The highest BCUT2D eigenvalue weighted by Gasteiger charge is 2.66. The Labute approximate surface area is 202 Å². The van der Waals surface area contributed by atoms with Gasteiger partial charge >= 0.3 is 0 Å². The first-order chi connectivity index (χ1) is 15.4. The molecule has 32 heavy (non-hydrogen) atoms. The van der Waals surface area contributed by atoms with Crippen LogP contribution in [-0.2, 0) is 19.2 Å². The number of carbonyl (C=O) groups excluding carboxylic acids is 4. The Morgan fingerprint density at radius 3 is 1.38 bits per heavy atom. The number of imide groups is 2. The van der Waals surface area contributed by atoms with Gasteiger partial charge < -0.3 is 0 Å². The Balaban J connectivity index is 1.17. The molecule has 2 aliphatic heterocycles. The van der Waals surface area contributed by atoms with Gasteiger partial charge in [-0.1, -0.05) is 31.9 Å². The molecule has 166 valence electrons. The molecule has 0 aromatic heterocycles. The lowest BCUT2D eigenvalue weighted by Gasteiger charge is -2.28. The van der Waals surface area contributed by atoms with Crippen molar-refractivity contribution in [1.29, 1.82) is 0 Å². The second kappa shape index (κ2) is 6.53. The van der Waals surface area contributed by atoms with Gasteiger partial charge in [-0.3, -0.25) is 29.0 Å². The van der Waals surface area contributed by atoms with Gasteiger partial charge in [0.15, 0.2) is 0 Å². The number of fused-ring (bicyclic) bond motifs is 10. The highest BCUT2D eigenvalue weighted by atomic mass is 79.9. The molecule has 0 spiro atoms. The molecule has 1 aromatic rings. The van der Waals surface area contributed by atoms with Crippen molar-refractivity contribution in [3.63, 3.8) is 0 Å². The van der Waals surface area contributed by atoms with E-state index in [0.717, 1.165) is 25.7 Å². The summed E-state index contributed by atoms with van der Waals surface area (Å²) in [7, 11) is 0. The molecule has 6 fully saturated rings. The molecule has 2 heterocycles. The Kier molecular flexibility index (Phi) is 4.06. The number of carbonyl (C=O) groups is 4. The van der Waals surface area contributed by atoms with Crippen LogP contribution in [0.4, 0.5) is 11.4 Å². The zero-order valence-electron chi connectivity index (χ0n) is 17.2. The molecule has 4 saturated carbocycles. The van der Waals surface area contributed by atoms with Crippen molar-refractivity contribution in [2.75, 3.05) is 9.80 Å². The van der Waals surface area contributed by atoms with E-state index >= 15 is 0 Å². The maximum absolute atomic E-state index is 13.2. The first kappa shape index (κ1) is 19.9. The van der Waals surface area contributed by atoms with Crippen molar-refractivity contribution in [2.45, 2.75) is 35.3 Å². The molecule has 2 saturated heterocycles. The van der Waals surface area contributed by atoms with Gasteiger partial charge in [0, 0.05) is 9.65 Å². The zero-order valence-corrected chi connectivity index (χ0v) is 20.4. The van der Waals surface area contributed by atoms with Crippen LogP contribution in [0.3, 0.4) is 0 Å². The maximum atomic E-state index is 13.2. The van der Waals surface area contributed by atoms with Gasteiger partial charge in [-0.2, -0.15) is 0 Å². The molecule has 4 amide bonds. The van der Waals surface area contributed by atoms with E-state index in [1.54, 1.807) is 24.3 Å². The average Bonchev–Trinajstić information content (AvgIpc) is 3.59. The zero-order chi connectivity index (χ0) is 22.0. The van der Waals surface area contributed by atoms with Crippen molar-refractivity contribution in [1.82, 2.24) is 0 Å². The van der Waals surface area contributed by atoms with Crippen LogP contribution < -0.4 is 9.80 Å². The normalized spacial score (nSPS) is 46.1. The van der Waals surface area contributed by atoms with Crippen LogP contribution in [0.25, 0.3) is 0 Å². The summed E-state index contributed by atoms with van der Waals surface area (Å²) in [4.78, 5) is 55.7. The molecule has 6 nitrogen and oxygen atoms in total. The van der Waals surface area contributed by atoms with E-state index in [-0.39, 0.29) is 68.8 Å². The molecule has 4 bridgehead atoms. The molecule has 10 atom stereocenters. The van der Waals surface area contributed by atoms with Gasteiger partial charge in [-0.25, -0.2) is 0 Å². The molecule has 8 heteroatoms. The lowest BCUT2D eigenvalue weighted by molar-refractivity contribution is -0.124. The summed E-state index contributed by atoms with van der Waals surface area (Å²) in [6.45, 7) is 0. The van der Waals surface area contributed by atoms with Crippen LogP contribution in [0.5, 0.6) is 0 Å². The third-order valence-corrected chi connectivity index (χ3v) is 12.5. The predicted octanol–water partition coefficient (Wildman–Crippen LogP) is 3.50. The minimum absolute atomic E-state index is 0.0777. The molecule has 0 radical (unpaired) electrons. The average molecular weight is 562 g/mol. The highest BCUT2D eigenvalue weighted by molar-refractivity contribution is 9.12. The molecule has 0 unspecified atom stereocenters. The number of alkyl halides is 2. The van der Waals surface area contributed by atoms with Crippen molar-refractivity contribution < 1.29 is 19.2 Å². The van der Waals surface area contributed by atoms with Crippen LogP contribution in [0.2, 0.25) is 0 Å². The first-order valence-corrected chi connectivity index (χ1v) is 13.4. The van der Waals surface area contributed by atoms with Crippen LogP contribution >= 0.6 is 31.9 Å². The summed E-state index contributed by atoms with van der Waals surface area (Å²) < 4.78 is 0. The molecule has 0 N–H and O–H groups in total. The minimum atomic E-state index is -0.262. The molecule has 4 aliphatic carbocycles. The van der Waals surface area contributed by atoms with E-state index < -0.39 is 0 Å². The predicted molar refractivity (Wildman–Crippen MR) is 123 cm³/mol. The summed E-state index contributed by atoms with van der Waals surface area (Å²) in [5, 5.41) is 0. The Morgan fingerprint density at radius 2 is 0.969 bits per heavy atom. The monoisotopic (exact) mass is 560 g/mol. The van der Waals surface area contributed by atoms with Gasteiger partial charge in [0.2, 0.25) is 23.6 Å². The number of rotatable bonds is 2. The van der Waals surface area contributed by atoms with Crippen molar-refractivity contribution >= 4 is 66.9 Å². The van der Waals surface area contributed by atoms with E-state index in [1.807, 2.05) is 0 Å². The molecule has 6 aliphatic rings. The molecular weight excluding hydrogens is 540 g/mol. The number of amides is 4. The second-order valence-electron chi connectivity index (χ2n) is 10.4. The number of nitrogens with zero attached hydrogens (tertiary/aromatic N) is 2. The third-order valence-electron chi connectivity index (χ3n) is 9.28. The van der Waals surface area contributed by atoms with Gasteiger partial charge in [0.1, 0.15) is 0 Å². The number of halogens is 2. The fourth-order valence-electron chi connectivity index (χ4n) is 8.02. The summed E-state index contributed by atoms with van der Waals surface area (Å²) >= 11 is 7.43. The van der Waals surface area contributed by atoms with Crippen LogP contribution in [-0.4, -0.2) is 33.3 Å². The largest absolute Gasteiger partial charge is 0.274 e. The number of hydrogen-bond donors (Lipinski definition) is 0. The third kappa shape index (κ3) is 2.26. The topological polar surface area (TPSA) is 74.8 Å². The summed E-state index contributed by atoms with van der Waals surface area (Å²) in [6.07, 6.45) is 4.00. The Morgan fingerprint density at radius 1 is 0.594 bits per heavy atom. The van der Waals surface area contributed by atoms with Crippen LogP contribution in [0.15, 0.2) is 24.3 Å². The number of hydrogen-bond acceptors (Lipinski definition) is 4. The number of anilines is 2. The fourth-order valence-corrected chi connectivity index (χ4v) is 9.89. The summed E-state index contributed by atoms with van der Waals surface area (Å²) in [5.74, 6) is -0.213. The maximum Gasteiger partial charge on any atom is 0.238 e. The Hall–Kier alpha value is -1.54. The van der Waals surface area contributed by atoms with Crippen LogP contribution in [0, 0.1) is 47.3 Å². The number of benzene rings is 1. The van der Waals surface area contributed by atoms with Crippen molar-refractivity contribution in [3.8, 4) is 0 Å². The van der Waals surface area contributed by atoms with E-state index in [9.17, 15) is 19.2 Å². The minimum Gasteiger partial charge on any atom is -0.274 e. The standard InChI is InChI=1S/C24H22Br2N2O4/c25-19-13-8-14(20(19)26)18-17(13)23(31)28(24(18)32)12-5-3-11(4-6-12)27-21(29)15-9-1-2-10(7-9)16(15)22(27)30/h3-6,9-10,13-20H,1-2,7-8H2/t9-,10-,13+,14+,15-,16+,17+,18+,19-,20-/m0/s1. The van der Waals surface area contributed by atoms with Crippen LogP contribution in [0.1, 0.15) is 25.7 Å². The molecule has 1 aromatic carbocycles. The fraction of sp³-hybridized carbons (Fsp3) is 0.583. The van der Waals surface area contributed by atoms with Crippen molar-refractivity contribution in [3.05, 3.63) is 24.3 Å². The van der Waals surface area contributed by atoms with E-state index in [0.29, 0.717) is 23.2 Å². The van der Waals surface area contributed by atoms with Crippen molar-refractivity contribution in [2.24, 2.45) is 47.3 Å². The SMILES string of the molecule is O=C1[C@@H]2[C@H]3CC[C@@H](C3)[C@@H]2C(=O)N1c1ccc(N2C(=O)[C@@H]3[C@H]4C[C@@H]([C@H](Br)[C@H]4Br)[C@H]3C2=O)cc1. The quantitative estimate of drug-likeness (QED) is 0.409. The highest BCUT2D eigenvalue weighted by Crippen LogP contribution is 2.61. The molecular formula is C24H22Br2N2O4. The lowest BCUT2D eigenvalue weighted by atomic mass is 9.81. The van der Waals surface area contributed by atoms with E-state index in [1.165, 1.54) is 9.80 Å². The molecule has 7 rings (SSSR count). The van der Waals surface area contributed by atoms with Gasteiger partial charge in [-0.15, -0.1) is 0 Å². The smallest absolute Gasteiger partial charge is 0.238 e. The van der Waals surface area contributed by atoms with E-state index in [2.05, 4.69) is 31.9 Å². The van der Waals surface area contributed by atoms with E-state index in [4.69, 9.17) is 0 Å². The van der Waals surface area contributed by atoms with Gasteiger partial charge in [0.25, 0.3) is 0 Å². The van der Waals surface area contributed by atoms with Gasteiger partial charge in [-0.05, 0) is 73.6 Å². The lowest BCUT2D eigenvalue weighted by Crippen LogP contribution is -2.37. The second-order valence-corrected chi connectivity index (χ2v) is 12.5. The first-order valence-electron chi connectivity index (χ1n) is 11.5. The summed E-state index contributed by atoms with van der Waals surface area (Å²) in [6, 6.07) is 6.82.